The van der Waals surface area contributed by atoms with Gasteiger partial charge in [-0.15, -0.1) is 0 Å². The Bertz CT molecular complexity index is 632. The lowest BCUT2D eigenvalue weighted by atomic mass is 10.2. The average Bonchev–Trinajstić information content (AvgIpc) is 3.15. The summed E-state index contributed by atoms with van der Waals surface area (Å²) in [7, 11) is 0. The number of rotatable bonds is 5. The lowest BCUT2D eigenvalue weighted by Crippen LogP contribution is -2.19. The molecule has 2 heterocycles. The van der Waals surface area contributed by atoms with E-state index in [0.717, 1.165) is 19.5 Å². The summed E-state index contributed by atoms with van der Waals surface area (Å²) in [5.41, 5.74) is 2.40. The normalized spacial score (nSPS) is 25.8. The summed E-state index contributed by atoms with van der Waals surface area (Å²) in [6, 6.07) is 9.26. The molecule has 2 atom stereocenters. The minimum absolute atomic E-state index is 0.313. The third-order valence-electron chi connectivity index (χ3n) is 4.57. The van der Waals surface area contributed by atoms with E-state index in [0.29, 0.717) is 18.2 Å². The minimum atomic E-state index is 0.313. The molecule has 0 spiro atoms. The van der Waals surface area contributed by atoms with Crippen LogP contribution in [0.15, 0.2) is 24.3 Å². The molecule has 1 aliphatic carbocycles. The number of fused-ring (bicyclic) bond motifs is 1. The molecule has 1 saturated carbocycles. The molecule has 1 aliphatic heterocycles. The molecular formula is C17H23N3O. The maximum absolute atomic E-state index is 5.96. The zero-order valence-electron chi connectivity index (χ0n) is 12.6. The largest absolute Gasteiger partial charge is 0.373 e. The fourth-order valence-electron chi connectivity index (χ4n) is 3.21. The second-order valence-corrected chi connectivity index (χ2v) is 6.45. The minimum Gasteiger partial charge on any atom is -0.373 e. The molecule has 1 aromatic heterocycles. The van der Waals surface area contributed by atoms with Crippen molar-refractivity contribution in [3.05, 3.63) is 30.0 Å². The first-order chi connectivity index (χ1) is 10.3. The Morgan fingerprint density at radius 2 is 2.10 bits per heavy atom. The van der Waals surface area contributed by atoms with Crippen LogP contribution in [-0.4, -0.2) is 28.0 Å². The van der Waals surface area contributed by atoms with Gasteiger partial charge in [-0.25, -0.2) is 0 Å². The molecule has 1 saturated heterocycles. The van der Waals surface area contributed by atoms with Crippen LogP contribution in [-0.2, 0) is 17.8 Å². The summed E-state index contributed by atoms with van der Waals surface area (Å²) in [5, 5.41) is 9.70. The van der Waals surface area contributed by atoms with Crippen LogP contribution in [0.4, 0.5) is 0 Å². The van der Waals surface area contributed by atoms with E-state index in [1.807, 2.05) is 0 Å². The van der Waals surface area contributed by atoms with Crippen molar-refractivity contribution in [2.75, 3.05) is 0 Å². The molecule has 21 heavy (non-hydrogen) atoms. The van der Waals surface area contributed by atoms with E-state index in [1.165, 1.54) is 35.9 Å². The molecule has 1 N–H and O–H groups in total. The van der Waals surface area contributed by atoms with Crippen LogP contribution in [0.5, 0.6) is 0 Å². The number of benzene rings is 1. The number of hydrogen-bond donors (Lipinski definition) is 1. The highest BCUT2D eigenvalue weighted by Crippen LogP contribution is 2.25. The van der Waals surface area contributed by atoms with Crippen molar-refractivity contribution in [1.82, 2.24) is 15.1 Å². The molecule has 0 bridgehead atoms. The molecule has 2 aliphatic rings. The van der Waals surface area contributed by atoms with Crippen LogP contribution >= 0.6 is 0 Å². The molecule has 0 amide bonds. The zero-order chi connectivity index (χ0) is 14.2. The van der Waals surface area contributed by atoms with Gasteiger partial charge in [0.1, 0.15) is 0 Å². The first-order valence-corrected chi connectivity index (χ1v) is 8.13. The summed E-state index contributed by atoms with van der Waals surface area (Å²) < 4.78 is 8.10. The van der Waals surface area contributed by atoms with E-state index in [1.54, 1.807) is 0 Å². The Hall–Kier alpha value is -1.39. The third-order valence-corrected chi connectivity index (χ3v) is 4.57. The van der Waals surface area contributed by atoms with Gasteiger partial charge < -0.3 is 10.1 Å². The maximum atomic E-state index is 5.96. The number of nitrogens with one attached hydrogen (secondary N) is 1. The summed E-state index contributed by atoms with van der Waals surface area (Å²) in [6.45, 7) is 3.90. The van der Waals surface area contributed by atoms with Crippen molar-refractivity contribution in [2.45, 2.75) is 63.9 Å². The van der Waals surface area contributed by atoms with Gasteiger partial charge in [0.05, 0.1) is 30.0 Å². The second-order valence-electron chi connectivity index (χ2n) is 6.45. The molecule has 1 aromatic carbocycles. The van der Waals surface area contributed by atoms with Gasteiger partial charge in [-0.3, -0.25) is 4.68 Å². The average molecular weight is 285 g/mol. The topological polar surface area (TPSA) is 39.1 Å². The Balaban J connectivity index is 1.58. The van der Waals surface area contributed by atoms with Crippen LogP contribution < -0.4 is 5.32 Å². The van der Waals surface area contributed by atoms with Gasteiger partial charge in [-0.2, -0.15) is 5.10 Å². The Morgan fingerprint density at radius 3 is 2.86 bits per heavy atom. The van der Waals surface area contributed by atoms with Crippen molar-refractivity contribution in [2.24, 2.45) is 0 Å². The van der Waals surface area contributed by atoms with E-state index >= 15 is 0 Å². The van der Waals surface area contributed by atoms with Crippen LogP contribution in [0.1, 0.15) is 38.3 Å². The highest BCUT2D eigenvalue weighted by molar-refractivity contribution is 5.81. The zero-order valence-corrected chi connectivity index (χ0v) is 12.6. The molecule has 2 unspecified atom stereocenters. The maximum Gasteiger partial charge on any atom is 0.0841 e. The predicted octanol–water partition coefficient (Wildman–Crippen LogP) is 2.86. The van der Waals surface area contributed by atoms with Crippen molar-refractivity contribution >= 4 is 10.9 Å². The number of ether oxygens (including phenoxy) is 1. The van der Waals surface area contributed by atoms with Gasteiger partial charge in [0.2, 0.25) is 0 Å². The monoisotopic (exact) mass is 285 g/mol. The van der Waals surface area contributed by atoms with Crippen LogP contribution in [0.25, 0.3) is 10.9 Å². The van der Waals surface area contributed by atoms with Gasteiger partial charge >= 0.3 is 0 Å². The highest BCUT2D eigenvalue weighted by atomic mass is 16.5. The van der Waals surface area contributed by atoms with Crippen LogP contribution in [0.2, 0.25) is 0 Å². The van der Waals surface area contributed by atoms with Crippen LogP contribution in [0.3, 0.4) is 0 Å². The van der Waals surface area contributed by atoms with Crippen molar-refractivity contribution < 1.29 is 4.74 Å². The number of para-hydroxylation sites is 1. The molecule has 4 nitrogen and oxygen atoms in total. The van der Waals surface area contributed by atoms with Gasteiger partial charge in [-0.05, 0) is 38.7 Å². The molecule has 112 valence electrons. The summed E-state index contributed by atoms with van der Waals surface area (Å²) in [4.78, 5) is 0. The standard InChI is InChI=1S/C17H23N3O/c1-12-6-9-14(21-12)11-20-17-5-3-2-4-15(17)16(19-20)10-18-13-7-8-13/h2-5,12-14,18H,6-11H2,1H3. The van der Waals surface area contributed by atoms with E-state index < -0.39 is 0 Å². The smallest absolute Gasteiger partial charge is 0.0841 e. The van der Waals surface area contributed by atoms with Crippen molar-refractivity contribution in [1.29, 1.82) is 0 Å². The molecule has 4 heteroatoms. The quantitative estimate of drug-likeness (QED) is 0.918. The first-order valence-electron chi connectivity index (χ1n) is 8.13. The van der Waals surface area contributed by atoms with Gasteiger partial charge in [0.15, 0.2) is 0 Å². The summed E-state index contributed by atoms with van der Waals surface area (Å²) >= 11 is 0. The molecular weight excluding hydrogens is 262 g/mol. The van der Waals surface area contributed by atoms with E-state index in [9.17, 15) is 0 Å². The predicted molar refractivity (Wildman–Crippen MR) is 83.2 cm³/mol. The number of hydrogen-bond acceptors (Lipinski definition) is 3. The first kappa shape index (κ1) is 13.3. The Morgan fingerprint density at radius 1 is 1.24 bits per heavy atom. The highest BCUT2D eigenvalue weighted by Gasteiger charge is 2.24. The van der Waals surface area contributed by atoms with Gasteiger partial charge in [-0.1, -0.05) is 18.2 Å². The second kappa shape index (κ2) is 5.43. The number of nitrogens with zero attached hydrogens (tertiary/aromatic N) is 2. The fraction of sp³-hybridized carbons (Fsp3) is 0.588. The fourth-order valence-corrected chi connectivity index (χ4v) is 3.21. The van der Waals surface area contributed by atoms with Gasteiger partial charge in [0.25, 0.3) is 0 Å². The third kappa shape index (κ3) is 2.83. The molecule has 4 rings (SSSR count). The van der Waals surface area contributed by atoms with E-state index in [-0.39, 0.29) is 0 Å². The van der Waals surface area contributed by atoms with E-state index in [4.69, 9.17) is 9.84 Å². The number of aromatic nitrogens is 2. The molecule has 2 aromatic rings. The van der Waals surface area contributed by atoms with Crippen LogP contribution in [0, 0.1) is 0 Å². The molecule has 0 radical (unpaired) electrons. The Labute approximate surface area is 125 Å². The van der Waals surface area contributed by atoms with Gasteiger partial charge in [0, 0.05) is 18.0 Å². The van der Waals surface area contributed by atoms with Crippen molar-refractivity contribution in [3.63, 3.8) is 0 Å². The van der Waals surface area contributed by atoms with E-state index in [2.05, 4.69) is 41.2 Å². The lowest BCUT2D eigenvalue weighted by molar-refractivity contribution is 0.0444. The van der Waals surface area contributed by atoms with Crippen molar-refractivity contribution in [3.8, 4) is 0 Å². The lowest BCUT2D eigenvalue weighted by Gasteiger charge is -2.11. The SMILES string of the molecule is CC1CCC(Cn2nc(CNC3CC3)c3ccccc32)O1. The Kier molecular flexibility index (Phi) is 3.43. The molecule has 2 fully saturated rings. The summed E-state index contributed by atoms with van der Waals surface area (Å²) in [5.74, 6) is 0. The summed E-state index contributed by atoms with van der Waals surface area (Å²) in [6.07, 6.45) is 5.64.